The van der Waals surface area contributed by atoms with E-state index in [1.54, 1.807) is 6.07 Å². The van der Waals surface area contributed by atoms with E-state index >= 15 is 0 Å². The molecule has 0 aliphatic carbocycles. The lowest BCUT2D eigenvalue weighted by atomic mass is 10.2. The minimum atomic E-state index is -0.251. The van der Waals surface area contributed by atoms with Gasteiger partial charge in [0.1, 0.15) is 5.82 Å². The van der Waals surface area contributed by atoms with Crippen LogP contribution in [0.15, 0.2) is 32.0 Å². The fraction of sp³-hybridized carbons (Fsp3) is 0. The smallest absolute Gasteiger partial charge is 0.160 e. The molecule has 14 heavy (non-hydrogen) atoms. The highest BCUT2D eigenvalue weighted by atomic mass is 79.9. The van der Waals surface area contributed by atoms with Crippen LogP contribution in [-0.4, -0.2) is 4.98 Å². The lowest BCUT2D eigenvalue weighted by Gasteiger charge is -1.96. The molecule has 0 aliphatic rings. The molecule has 0 N–H and O–H groups in total. The first-order valence-electron chi connectivity index (χ1n) is 3.74. The van der Waals surface area contributed by atoms with E-state index in [4.69, 9.17) is 0 Å². The summed E-state index contributed by atoms with van der Waals surface area (Å²) in [6.07, 6.45) is 0. The lowest BCUT2D eigenvalue weighted by Crippen LogP contribution is -1.80. The summed E-state index contributed by atoms with van der Waals surface area (Å²) in [5.74, 6) is -0.251. The molecule has 72 valence electrons. The lowest BCUT2D eigenvalue weighted by molar-refractivity contribution is 0.628. The van der Waals surface area contributed by atoms with Crippen LogP contribution in [0, 0.1) is 5.82 Å². The van der Waals surface area contributed by atoms with Crippen molar-refractivity contribution in [2.24, 2.45) is 0 Å². The largest absolute Gasteiger partial charge is 0.228 e. The maximum atomic E-state index is 12.9. The van der Waals surface area contributed by atoms with Crippen molar-refractivity contribution < 1.29 is 4.39 Å². The summed E-state index contributed by atoms with van der Waals surface area (Å²) in [5, 5.41) is 0. The zero-order valence-electron chi connectivity index (χ0n) is 6.80. The molecule has 0 radical (unpaired) electrons. The van der Waals surface area contributed by atoms with Gasteiger partial charge in [0.2, 0.25) is 0 Å². The minimum absolute atomic E-state index is 0.251. The normalized spacial score (nSPS) is 10.5. The molecule has 0 unspecified atom stereocenters. The van der Waals surface area contributed by atoms with Crippen LogP contribution in [0.25, 0.3) is 11.3 Å². The molecule has 1 aromatic heterocycles. The molecule has 1 aromatic carbocycles. The predicted molar refractivity (Wildman–Crippen MR) is 62.9 cm³/mol. The van der Waals surface area contributed by atoms with Crippen molar-refractivity contribution >= 4 is 43.2 Å². The Kier molecular flexibility index (Phi) is 2.99. The summed E-state index contributed by atoms with van der Waals surface area (Å²) in [6, 6.07) is 6.38. The van der Waals surface area contributed by atoms with Crippen LogP contribution >= 0.6 is 43.2 Å². The molecule has 0 amide bonds. The van der Waals surface area contributed by atoms with E-state index in [1.165, 1.54) is 23.5 Å². The Balaban J connectivity index is 2.54. The molecule has 1 heterocycles. The van der Waals surface area contributed by atoms with Crippen LogP contribution in [0.5, 0.6) is 0 Å². The standard InChI is InChI=1S/C9H4Br2FNS/c10-8-7(13-9(11)14-8)5-2-1-3-6(12)4-5/h1-4H. The molecular weight excluding hydrogens is 333 g/mol. The molecule has 0 saturated heterocycles. The highest BCUT2D eigenvalue weighted by Crippen LogP contribution is 2.35. The number of nitrogens with zero attached hydrogens (tertiary/aromatic N) is 1. The number of halogens is 3. The Morgan fingerprint density at radius 1 is 1.29 bits per heavy atom. The molecule has 0 atom stereocenters. The zero-order chi connectivity index (χ0) is 10.1. The van der Waals surface area contributed by atoms with E-state index in [9.17, 15) is 4.39 Å². The number of benzene rings is 1. The minimum Gasteiger partial charge on any atom is -0.228 e. The van der Waals surface area contributed by atoms with Crippen molar-refractivity contribution in [1.82, 2.24) is 4.98 Å². The molecular formula is C9H4Br2FNS. The van der Waals surface area contributed by atoms with Crippen molar-refractivity contribution in [3.05, 3.63) is 37.8 Å². The van der Waals surface area contributed by atoms with Gasteiger partial charge in [0.05, 0.1) is 9.48 Å². The average molecular weight is 337 g/mol. The fourth-order valence-electron chi connectivity index (χ4n) is 1.09. The third-order valence-electron chi connectivity index (χ3n) is 1.66. The van der Waals surface area contributed by atoms with Gasteiger partial charge in [-0.25, -0.2) is 9.37 Å². The Bertz CT molecular complexity index is 470. The number of rotatable bonds is 1. The maximum absolute atomic E-state index is 12.9. The fourth-order valence-corrected chi connectivity index (χ4v) is 3.73. The van der Waals surface area contributed by atoms with Gasteiger partial charge in [0, 0.05) is 5.56 Å². The predicted octanol–water partition coefficient (Wildman–Crippen LogP) is 4.47. The molecule has 0 bridgehead atoms. The van der Waals surface area contributed by atoms with Gasteiger partial charge in [0.25, 0.3) is 0 Å². The van der Waals surface area contributed by atoms with E-state index in [-0.39, 0.29) is 5.82 Å². The highest BCUT2D eigenvalue weighted by Gasteiger charge is 2.09. The molecule has 0 spiro atoms. The first-order valence-corrected chi connectivity index (χ1v) is 6.15. The number of thiazole rings is 1. The van der Waals surface area contributed by atoms with Crippen molar-refractivity contribution in [2.45, 2.75) is 0 Å². The number of aromatic nitrogens is 1. The van der Waals surface area contributed by atoms with E-state index in [0.717, 1.165) is 19.0 Å². The van der Waals surface area contributed by atoms with Gasteiger partial charge in [-0.15, -0.1) is 0 Å². The first kappa shape index (κ1) is 10.3. The quantitative estimate of drug-likeness (QED) is 0.748. The van der Waals surface area contributed by atoms with E-state index in [2.05, 4.69) is 36.8 Å². The molecule has 2 aromatic rings. The highest BCUT2D eigenvalue weighted by molar-refractivity contribution is 9.12. The molecule has 0 saturated carbocycles. The average Bonchev–Trinajstić information content (AvgIpc) is 2.45. The number of hydrogen-bond donors (Lipinski definition) is 0. The Morgan fingerprint density at radius 3 is 2.64 bits per heavy atom. The molecule has 1 nitrogen and oxygen atoms in total. The Hall–Kier alpha value is -0.260. The van der Waals surface area contributed by atoms with Gasteiger partial charge in [0.15, 0.2) is 3.92 Å². The van der Waals surface area contributed by atoms with Crippen LogP contribution in [0.3, 0.4) is 0 Å². The van der Waals surface area contributed by atoms with Gasteiger partial charge in [-0.1, -0.05) is 23.5 Å². The van der Waals surface area contributed by atoms with Crippen molar-refractivity contribution in [3.8, 4) is 11.3 Å². The van der Waals surface area contributed by atoms with Crippen molar-refractivity contribution in [3.63, 3.8) is 0 Å². The third kappa shape index (κ3) is 2.04. The monoisotopic (exact) mass is 335 g/mol. The molecule has 0 fully saturated rings. The van der Waals surface area contributed by atoms with E-state index in [1.807, 2.05) is 6.07 Å². The summed E-state index contributed by atoms with van der Waals surface area (Å²) in [6.45, 7) is 0. The van der Waals surface area contributed by atoms with Crippen LogP contribution in [0.2, 0.25) is 0 Å². The van der Waals surface area contributed by atoms with Crippen LogP contribution in [-0.2, 0) is 0 Å². The Labute approximate surface area is 101 Å². The second-order valence-electron chi connectivity index (χ2n) is 2.60. The van der Waals surface area contributed by atoms with Gasteiger partial charge < -0.3 is 0 Å². The van der Waals surface area contributed by atoms with Crippen molar-refractivity contribution in [2.75, 3.05) is 0 Å². The summed E-state index contributed by atoms with van der Waals surface area (Å²) in [7, 11) is 0. The Morgan fingerprint density at radius 2 is 2.07 bits per heavy atom. The topological polar surface area (TPSA) is 12.9 Å². The van der Waals surface area contributed by atoms with E-state index < -0.39 is 0 Å². The SMILES string of the molecule is Fc1cccc(-c2nc(Br)sc2Br)c1. The zero-order valence-corrected chi connectivity index (χ0v) is 10.8. The summed E-state index contributed by atoms with van der Waals surface area (Å²) in [4.78, 5) is 4.24. The van der Waals surface area contributed by atoms with Crippen LogP contribution < -0.4 is 0 Å². The summed E-state index contributed by atoms with van der Waals surface area (Å²) >= 11 is 8.13. The van der Waals surface area contributed by atoms with Gasteiger partial charge in [-0.3, -0.25) is 0 Å². The van der Waals surface area contributed by atoms with Gasteiger partial charge in [-0.2, -0.15) is 0 Å². The summed E-state index contributed by atoms with van der Waals surface area (Å²) in [5.41, 5.74) is 1.54. The second-order valence-corrected chi connectivity index (χ2v) is 6.19. The summed E-state index contributed by atoms with van der Waals surface area (Å²) < 4.78 is 14.6. The first-order chi connectivity index (χ1) is 6.66. The second kappa shape index (κ2) is 4.08. The maximum Gasteiger partial charge on any atom is 0.160 e. The van der Waals surface area contributed by atoms with Crippen LogP contribution in [0.1, 0.15) is 0 Å². The molecule has 2 rings (SSSR count). The molecule has 0 aliphatic heterocycles. The number of hydrogen-bond acceptors (Lipinski definition) is 2. The molecule has 5 heteroatoms. The van der Waals surface area contributed by atoms with Gasteiger partial charge in [-0.05, 0) is 44.0 Å². The third-order valence-corrected chi connectivity index (χ3v) is 3.81. The van der Waals surface area contributed by atoms with Gasteiger partial charge >= 0.3 is 0 Å². The van der Waals surface area contributed by atoms with Crippen molar-refractivity contribution in [1.29, 1.82) is 0 Å². The van der Waals surface area contributed by atoms with Crippen LogP contribution in [0.4, 0.5) is 4.39 Å². The van der Waals surface area contributed by atoms with E-state index in [0.29, 0.717) is 0 Å².